The van der Waals surface area contributed by atoms with Gasteiger partial charge in [0.05, 0.1) is 11.6 Å². The predicted octanol–water partition coefficient (Wildman–Crippen LogP) is 4.95. The molecule has 0 bridgehead atoms. The summed E-state index contributed by atoms with van der Waals surface area (Å²) in [6.45, 7) is 7.84. The second-order valence-electron chi connectivity index (χ2n) is 7.49. The van der Waals surface area contributed by atoms with Crippen LogP contribution in [0.4, 0.5) is 14.5 Å². The second-order valence-corrected chi connectivity index (χ2v) is 8.46. The molecule has 1 aliphatic rings. The first-order chi connectivity index (χ1) is 16.6. The molecule has 0 atom stereocenters. The fourth-order valence-electron chi connectivity index (χ4n) is 3.04. The van der Waals surface area contributed by atoms with Crippen molar-refractivity contribution in [3.05, 3.63) is 76.3 Å². The smallest absolute Gasteiger partial charge is 0.351 e. The Balaban J connectivity index is 0.000000784. The molecule has 188 valence electrons. The number of anilines is 1. The standard InChI is InChI=1S/C22H21F2NO4S.C3H6O2/c1-4-25(15-10-6-5-7-11-15)19(17-20(26)28-22(2,3)29-21(17)27)30-13-14-9-8-12-16(23)18(14)24;1-2-5-3-4/h5-12H,4,13H2,1-3H3;3H,2H2,1H3. The molecule has 0 saturated carbocycles. The number of cyclic esters (lactones) is 2. The van der Waals surface area contributed by atoms with E-state index in [0.29, 0.717) is 19.6 Å². The summed E-state index contributed by atoms with van der Waals surface area (Å²) in [6, 6.07) is 13.0. The molecule has 10 heteroatoms. The van der Waals surface area contributed by atoms with Gasteiger partial charge in [-0.1, -0.05) is 30.3 Å². The van der Waals surface area contributed by atoms with Gasteiger partial charge in [0.1, 0.15) is 0 Å². The van der Waals surface area contributed by atoms with Gasteiger partial charge < -0.3 is 19.1 Å². The van der Waals surface area contributed by atoms with Gasteiger partial charge in [0.2, 0.25) is 0 Å². The van der Waals surface area contributed by atoms with Crippen molar-refractivity contribution in [1.29, 1.82) is 0 Å². The van der Waals surface area contributed by atoms with E-state index < -0.39 is 29.4 Å². The lowest BCUT2D eigenvalue weighted by Crippen LogP contribution is -2.43. The van der Waals surface area contributed by atoms with Gasteiger partial charge in [0.15, 0.2) is 17.2 Å². The summed E-state index contributed by atoms with van der Waals surface area (Å²) in [5, 5.41) is 0.248. The molecule has 1 fully saturated rings. The highest BCUT2D eigenvalue weighted by Crippen LogP contribution is 2.36. The summed E-state index contributed by atoms with van der Waals surface area (Å²) in [6.07, 6.45) is 0. The zero-order chi connectivity index (χ0) is 26.0. The molecule has 0 amide bonds. The molecule has 0 unspecified atom stereocenters. The van der Waals surface area contributed by atoms with Crippen molar-refractivity contribution in [2.75, 3.05) is 18.1 Å². The molecule has 2 aromatic rings. The Morgan fingerprint density at radius 1 is 1.03 bits per heavy atom. The van der Waals surface area contributed by atoms with Gasteiger partial charge in [-0.05, 0) is 32.0 Å². The largest absolute Gasteiger partial charge is 0.468 e. The number of nitrogens with zero attached hydrogens (tertiary/aromatic N) is 1. The highest BCUT2D eigenvalue weighted by Gasteiger charge is 2.42. The molecule has 0 aliphatic carbocycles. The number of thioether (sulfide) groups is 1. The Hall–Kier alpha value is -3.40. The van der Waals surface area contributed by atoms with Crippen LogP contribution in [0.25, 0.3) is 0 Å². The van der Waals surface area contributed by atoms with Crippen LogP contribution in [0.1, 0.15) is 33.3 Å². The minimum Gasteiger partial charge on any atom is -0.468 e. The summed E-state index contributed by atoms with van der Waals surface area (Å²) in [5.41, 5.74) is 0.557. The third kappa shape index (κ3) is 7.54. The average Bonchev–Trinajstić information content (AvgIpc) is 2.80. The number of hydrogen-bond donors (Lipinski definition) is 0. The number of benzene rings is 2. The number of hydrogen-bond acceptors (Lipinski definition) is 8. The van der Waals surface area contributed by atoms with E-state index in [4.69, 9.17) is 9.47 Å². The number of esters is 2. The minimum absolute atomic E-state index is 0.00425. The van der Waals surface area contributed by atoms with E-state index in [1.807, 2.05) is 37.3 Å². The molecule has 0 N–H and O–H groups in total. The van der Waals surface area contributed by atoms with Crippen molar-refractivity contribution >= 4 is 35.9 Å². The molecular weight excluding hydrogens is 480 g/mol. The van der Waals surface area contributed by atoms with Crippen molar-refractivity contribution in [3.63, 3.8) is 0 Å². The number of halogens is 2. The van der Waals surface area contributed by atoms with Crippen molar-refractivity contribution in [2.45, 2.75) is 39.2 Å². The van der Waals surface area contributed by atoms with E-state index in [0.717, 1.165) is 23.5 Å². The fourth-order valence-corrected chi connectivity index (χ4v) is 4.25. The molecule has 1 saturated heterocycles. The maximum Gasteiger partial charge on any atom is 0.351 e. The Bertz CT molecular complexity index is 1050. The molecule has 2 aromatic carbocycles. The Morgan fingerprint density at radius 3 is 2.17 bits per heavy atom. The van der Waals surface area contributed by atoms with E-state index in [1.54, 1.807) is 11.8 Å². The summed E-state index contributed by atoms with van der Waals surface area (Å²) < 4.78 is 42.4. The van der Waals surface area contributed by atoms with Gasteiger partial charge in [-0.2, -0.15) is 0 Å². The van der Waals surface area contributed by atoms with E-state index in [-0.39, 0.29) is 21.9 Å². The summed E-state index contributed by atoms with van der Waals surface area (Å²) >= 11 is 1.04. The molecule has 3 rings (SSSR count). The lowest BCUT2D eigenvalue weighted by Gasteiger charge is -2.33. The minimum atomic E-state index is -1.38. The third-order valence-corrected chi connectivity index (χ3v) is 5.71. The number of ether oxygens (including phenoxy) is 3. The molecule has 1 aliphatic heterocycles. The van der Waals surface area contributed by atoms with Crippen LogP contribution in [0.5, 0.6) is 0 Å². The highest BCUT2D eigenvalue weighted by atomic mass is 32.2. The number of para-hydroxylation sites is 1. The Labute approximate surface area is 207 Å². The SMILES string of the molecule is CCN(C(SCc1cccc(F)c1F)=C1C(=O)OC(C)(C)OC1=O)c1ccccc1.CCOC=O. The van der Waals surface area contributed by atoms with Crippen LogP contribution in [0.15, 0.2) is 59.1 Å². The van der Waals surface area contributed by atoms with E-state index in [1.165, 1.54) is 26.0 Å². The number of rotatable bonds is 8. The van der Waals surface area contributed by atoms with Gasteiger partial charge in [0.25, 0.3) is 12.3 Å². The molecule has 0 aromatic heterocycles. The first-order valence-electron chi connectivity index (χ1n) is 10.8. The summed E-state index contributed by atoms with van der Waals surface area (Å²) in [7, 11) is 0. The molecule has 35 heavy (non-hydrogen) atoms. The summed E-state index contributed by atoms with van der Waals surface area (Å²) in [4.78, 5) is 36.3. The predicted molar refractivity (Wildman–Crippen MR) is 128 cm³/mol. The average molecular weight is 508 g/mol. The van der Waals surface area contributed by atoms with E-state index >= 15 is 0 Å². The van der Waals surface area contributed by atoms with Crippen LogP contribution in [-0.4, -0.2) is 37.3 Å². The zero-order valence-electron chi connectivity index (χ0n) is 19.9. The fraction of sp³-hybridized carbons (Fsp3) is 0.320. The van der Waals surface area contributed by atoms with Gasteiger partial charge in [0, 0.05) is 37.4 Å². The maximum atomic E-state index is 14.2. The van der Waals surface area contributed by atoms with Crippen molar-refractivity contribution in [3.8, 4) is 0 Å². The topological polar surface area (TPSA) is 82.1 Å². The zero-order valence-corrected chi connectivity index (χ0v) is 20.7. The number of carbonyl (C=O) groups excluding carboxylic acids is 3. The van der Waals surface area contributed by atoms with Crippen molar-refractivity contribution in [1.82, 2.24) is 0 Å². The Morgan fingerprint density at radius 2 is 1.66 bits per heavy atom. The Kier molecular flexibility index (Phi) is 10.3. The quantitative estimate of drug-likeness (QED) is 0.215. The van der Waals surface area contributed by atoms with E-state index in [9.17, 15) is 23.2 Å². The van der Waals surface area contributed by atoms with Crippen LogP contribution in [0.2, 0.25) is 0 Å². The first kappa shape index (κ1) is 27.8. The van der Waals surface area contributed by atoms with E-state index in [2.05, 4.69) is 4.74 Å². The maximum absolute atomic E-state index is 14.2. The second kappa shape index (κ2) is 12.9. The first-order valence-corrected chi connectivity index (χ1v) is 11.8. The van der Waals surface area contributed by atoms with Gasteiger partial charge >= 0.3 is 11.9 Å². The highest BCUT2D eigenvalue weighted by molar-refractivity contribution is 8.02. The van der Waals surface area contributed by atoms with Gasteiger partial charge in [-0.25, -0.2) is 18.4 Å². The van der Waals surface area contributed by atoms with Crippen LogP contribution >= 0.6 is 11.8 Å². The van der Waals surface area contributed by atoms with Crippen molar-refractivity contribution < 1.29 is 37.4 Å². The third-order valence-electron chi connectivity index (χ3n) is 4.56. The summed E-state index contributed by atoms with van der Waals surface area (Å²) in [5.74, 6) is -4.97. The lowest BCUT2D eigenvalue weighted by molar-refractivity contribution is -0.222. The van der Waals surface area contributed by atoms with Crippen LogP contribution in [0, 0.1) is 11.6 Å². The van der Waals surface area contributed by atoms with Crippen molar-refractivity contribution in [2.24, 2.45) is 0 Å². The molecule has 0 radical (unpaired) electrons. The molecule has 7 nitrogen and oxygen atoms in total. The molecule has 0 spiro atoms. The van der Waals surface area contributed by atoms with Crippen LogP contribution < -0.4 is 4.90 Å². The number of carbonyl (C=O) groups is 3. The van der Waals surface area contributed by atoms with Crippen LogP contribution in [0.3, 0.4) is 0 Å². The van der Waals surface area contributed by atoms with Gasteiger partial charge in [-0.15, -0.1) is 11.8 Å². The normalized spacial score (nSPS) is 14.2. The molecular formula is C25H27F2NO6S. The van der Waals surface area contributed by atoms with Gasteiger partial charge in [-0.3, -0.25) is 4.79 Å². The van der Waals surface area contributed by atoms with Crippen LogP contribution in [-0.2, 0) is 34.3 Å². The monoisotopic (exact) mass is 507 g/mol. The molecule has 1 heterocycles. The lowest BCUT2D eigenvalue weighted by atomic mass is 10.2.